The highest BCUT2D eigenvalue weighted by atomic mass is 32.1. The number of halogens is 2. The monoisotopic (exact) mass is 357 g/mol. The number of carbonyl (C=O) groups is 1. The van der Waals surface area contributed by atoms with E-state index in [1.165, 1.54) is 11.3 Å². The van der Waals surface area contributed by atoms with Gasteiger partial charge in [-0.2, -0.15) is 13.8 Å². The predicted octanol–water partition coefficient (Wildman–Crippen LogP) is 4.30. The van der Waals surface area contributed by atoms with Gasteiger partial charge in [0.1, 0.15) is 0 Å². The molecule has 24 heavy (non-hydrogen) atoms. The molecule has 0 saturated carbocycles. The highest BCUT2D eigenvalue weighted by molar-refractivity contribution is 7.15. The van der Waals surface area contributed by atoms with Gasteiger partial charge in [-0.15, -0.1) is 11.3 Å². The minimum Gasteiger partial charge on any atom is -0.335 e. The molecule has 8 heteroatoms. The lowest BCUT2D eigenvalue weighted by Crippen LogP contribution is -2.38. The van der Waals surface area contributed by atoms with Gasteiger partial charge in [0.2, 0.25) is 11.7 Å². The zero-order chi connectivity index (χ0) is 18.1. The van der Waals surface area contributed by atoms with Gasteiger partial charge in [-0.25, -0.2) is 0 Å². The lowest BCUT2D eigenvalue weighted by atomic mass is 10.1. The minimum absolute atomic E-state index is 0.0704. The van der Waals surface area contributed by atoms with Gasteiger partial charge < -0.3 is 9.42 Å². The lowest BCUT2D eigenvalue weighted by Gasteiger charge is -2.28. The maximum atomic E-state index is 13.2. The molecule has 0 unspecified atom stereocenters. The Bertz CT molecular complexity index is 704. The Hall–Kier alpha value is -1.83. The number of carbonyl (C=O) groups excluding carboxylic acids is 1. The summed E-state index contributed by atoms with van der Waals surface area (Å²) in [6, 6.07) is 3.67. The van der Waals surface area contributed by atoms with Crippen LogP contribution in [0.5, 0.6) is 0 Å². The fourth-order valence-corrected chi connectivity index (χ4v) is 3.03. The summed E-state index contributed by atoms with van der Waals surface area (Å²) < 4.78 is 31.0. The van der Waals surface area contributed by atoms with Gasteiger partial charge >= 0.3 is 5.92 Å². The molecule has 0 aliphatic heterocycles. The molecule has 0 atom stereocenters. The summed E-state index contributed by atoms with van der Waals surface area (Å²) in [5.41, 5.74) is 0. The fourth-order valence-electron chi connectivity index (χ4n) is 2.10. The molecule has 2 rings (SSSR count). The second-order valence-electron chi connectivity index (χ2n) is 6.29. The molecule has 0 radical (unpaired) electrons. The molecule has 132 valence electrons. The molecular weight excluding hydrogens is 336 g/mol. The number of nitrogens with zero attached hydrogens (tertiary/aromatic N) is 3. The van der Waals surface area contributed by atoms with Crippen molar-refractivity contribution in [3.63, 3.8) is 0 Å². The van der Waals surface area contributed by atoms with Gasteiger partial charge in [0.15, 0.2) is 0 Å². The van der Waals surface area contributed by atoms with Crippen molar-refractivity contribution in [1.82, 2.24) is 15.0 Å². The first-order valence-electron chi connectivity index (χ1n) is 7.71. The number of rotatable bonds is 6. The van der Waals surface area contributed by atoms with E-state index in [2.05, 4.69) is 14.7 Å². The van der Waals surface area contributed by atoms with Crippen molar-refractivity contribution in [2.75, 3.05) is 0 Å². The number of aromatic nitrogens is 2. The zero-order valence-electron chi connectivity index (χ0n) is 14.3. The molecule has 2 aromatic rings. The van der Waals surface area contributed by atoms with E-state index in [-0.39, 0.29) is 23.7 Å². The Morgan fingerprint density at radius 2 is 2.00 bits per heavy atom. The molecule has 0 aliphatic rings. The van der Waals surface area contributed by atoms with Crippen LogP contribution in [-0.2, 0) is 17.3 Å². The van der Waals surface area contributed by atoms with E-state index in [4.69, 9.17) is 0 Å². The third kappa shape index (κ3) is 4.17. The van der Waals surface area contributed by atoms with Crippen LogP contribution in [0.15, 0.2) is 16.7 Å². The summed E-state index contributed by atoms with van der Waals surface area (Å²) in [5.74, 6) is -3.74. The van der Waals surface area contributed by atoms with Crippen molar-refractivity contribution < 1.29 is 18.1 Å². The highest BCUT2D eigenvalue weighted by Gasteiger charge is 2.32. The molecule has 0 bridgehead atoms. The molecule has 0 aliphatic carbocycles. The van der Waals surface area contributed by atoms with Gasteiger partial charge in [-0.1, -0.05) is 19.0 Å². The Labute approximate surface area is 143 Å². The van der Waals surface area contributed by atoms with E-state index in [1.807, 2.05) is 33.8 Å². The molecule has 5 nitrogen and oxygen atoms in total. The van der Waals surface area contributed by atoms with Crippen LogP contribution >= 0.6 is 11.3 Å². The topological polar surface area (TPSA) is 59.2 Å². The second kappa shape index (κ2) is 6.96. The van der Waals surface area contributed by atoms with E-state index in [0.717, 1.165) is 4.88 Å². The molecular formula is C16H21F2N3O2S. The van der Waals surface area contributed by atoms with Gasteiger partial charge in [0.05, 0.1) is 11.4 Å². The highest BCUT2D eigenvalue weighted by Crippen LogP contribution is 2.31. The summed E-state index contributed by atoms with van der Waals surface area (Å²) in [6.07, 6.45) is 0. The number of thiophene rings is 1. The Balaban J connectivity index is 2.18. The number of alkyl halides is 2. The minimum atomic E-state index is -3.16. The van der Waals surface area contributed by atoms with Crippen LogP contribution < -0.4 is 0 Å². The average Bonchev–Trinajstić information content (AvgIpc) is 3.11. The third-order valence-corrected chi connectivity index (χ3v) is 4.48. The van der Waals surface area contributed by atoms with E-state index >= 15 is 0 Å². The fraction of sp³-hybridized carbons (Fsp3) is 0.562. The first kappa shape index (κ1) is 18.5. The molecule has 1 amide bonds. The van der Waals surface area contributed by atoms with Gasteiger partial charge in [-0.05, 0) is 26.0 Å². The Morgan fingerprint density at radius 3 is 2.50 bits per heavy atom. The van der Waals surface area contributed by atoms with Crippen LogP contribution in [0, 0.1) is 5.92 Å². The summed E-state index contributed by atoms with van der Waals surface area (Å²) in [6.45, 7) is 8.83. The van der Waals surface area contributed by atoms with Crippen LogP contribution in [0.3, 0.4) is 0 Å². The molecule has 0 N–H and O–H groups in total. The molecule has 0 spiro atoms. The summed E-state index contributed by atoms with van der Waals surface area (Å²) >= 11 is 1.36. The van der Waals surface area contributed by atoms with Crippen LogP contribution in [0.2, 0.25) is 0 Å². The van der Waals surface area contributed by atoms with Crippen LogP contribution in [0.25, 0.3) is 10.7 Å². The van der Waals surface area contributed by atoms with E-state index in [9.17, 15) is 13.6 Å². The molecule has 0 aromatic carbocycles. The van der Waals surface area contributed by atoms with Crippen molar-refractivity contribution in [2.24, 2.45) is 5.92 Å². The summed E-state index contributed by atoms with van der Waals surface area (Å²) in [4.78, 5) is 19.4. The normalized spacial score (nSPS) is 12.2. The van der Waals surface area contributed by atoms with E-state index in [1.54, 1.807) is 11.0 Å². The van der Waals surface area contributed by atoms with Crippen molar-refractivity contribution in [1.29, 1.82) is 0 Å². The molecule has 2 aromatic heterocycles. The lowest BCUT2D eigenvalue weighted by molar-refractivity contribution is -0.136. The molecule has 0 saturated heterocycles. The molecule has 0 fully saturated rings. The van der Waals surface area contributed by atoms with Crippen LogP contribution in [0.1, 0.15) is 45.4 Å². The predicted molar refractivity (Wildman–Crippen MR) is 87.7 cm³/mol. The largest absolute Gasteiger partial charge is 0.335 e. The SMILES string of the molecule is CC(C)C(=O)N(Cc1ccc(-c2noc(C(C)(F)F)n2)s1)C(C)C. The maximum Gasteiger partial charge on any atom is 0.322 e. The number of hydrogen-bond acceptors (Lipinski definition) is 5. The second-order valence-corrected chi connectivity index (χ2v) is 7.46. The van der Waals surface area contributed by atoms with Crippen LogP contribution in [0.4, 0.5) is 8.78 Å². The smallest absolute Gasteiger partial charge is 0.322 e. The van der Waals surface area contributed by atoms with Gasteiger partial charge in [-0.3, -0.25) is 4.79 Å². The van der Waals surface area contributed by atoms with E-state index in [0.29, 0.717) is 18.3 Å². The van der Waals surface area contributed by atoms with Crippen molar-refractivity contribution in [3.05, 3.63) is 22.9 Å². The first-order chi connectivity index (χ1) is 11.1. The number of amides is 1. The van der Waals surface area contributed by atoms with Crippen LogP contribution in [-0.4, -0.2) is 27.0 Å². The third-order valence-electron chi connectivity index (χ3n) is 3.41. The van der Waals surface area contributed by atoms with Crippen molar-refractivity contribution >= 4 is 17.2 Å². The van der Waals surface area contributed by atoms with Gasteiger partial charge in [0, 0.05) is 23.8 Å². The van der Waals surface area contributed by atoms with Crippen molar-refractivity contribution in [3.8, 4) is 10.7 Å². The Morgan fingerprint density at radius 1 is 1.33 bits per heavy atom. The summed E-state index contributed by atoms with van der Waals surface area (Å²) in [5, 5.41) is 3.61. The van der Waals surface area contributed by atoms with Gasteiger partial charge in [0.25, 0.3) is 5.89 Å². The maximum absolute atomic E-state index is 13.2. The standard InChI is InChI=1S/C16H21F2N3O2S/c1-9(2)14(22)21(10(3)4)8-11-6-7-12(24-11)13-19-15(23-20-13)16(5,17)18/h6-7,9-10H,8H2,1-5H3. The quantitative estimate of drug-likeness (QED) is 0.773. The first-order valence-corrected chi connectivity index (χ1v) is 8.52. The molecule has 2 heterocycles. The van der Waals surface area contributed by atoms with Crippen molar-refractivity contribution in [2.45, 2.75) is 53.1 Å². The Kier molecular flexibility index (Phi) is 5.37. The zero-order valence-corrected chi connectivity index (χ0v) is 15.2. The average molecular weight is 357 g/mol. The van der Waals surface area contributed by atoms with E-state index < -0.39 is 11.8 Å². The summed E-state index contributed by atoms with van der Waals surface area (Å²) in [7, 11) is 0. The number of hydrogen-bond donors (Lipinski definition) is 0.